The Balaban J connectivity index is 1.81. The Bertz CT molecular complexity index is 1180. The molecule has 0 bridgehead atoms. The summed E-state index contributed by atoms with van der Waals surface area (Å²) in [5.74, 6) is -1.15. The standard InChI is InChI=1S/C20H16ClN3O4S/c21-15-7-9-16(10-8-15)24-29(27,28)18-6-2-4-14(12-18)20(26)23-17-5-1-3-13(11-17)19(22)25/h1-12,24H,(H2,22,25)(H,23,26). The number of nitrogens with one attached hydrogen (secondary N) is 2. The van der Waals surface area contributed by atoms with E-state index in [0.717, 1.165) is 0 Å². The van der Waals surface area contributed by atoms with Gasteiger partial charge in [-0.1, -0.05) is 23.7 Å². The summed E-state index contributed by atoms with van der Waals surface area (Å²) in [6.45, 7) is 0. The summed E-state index contributed by atoms with van der Waals surface area (Å²) in [6.07, 6.45) is 0. The lowest BCUT2D eigenvalue weighted by atomic mass is 10.1. The summed E-state index contributed by atoms with van der Waals surface area (Å²) in [4.78, 5) is 23.7. The van der Waals surface area contributed by atoms with Crippen LogP contribution in [0.5, 0.6) is 0 Å². The number of hydrogen-bond donors (Lipinski definition) is 3. The van der Waals surface area contributed by atoms with Crippen LogP contribution in [0.3, 0.4) is 0 Å². The fourth-order valence-electron chi connectivity index (χ4n) is 2.49. The van der Waals surface area contributed by atoms with Crippen LogP contribution in [0.4, 0.5) is 11.4 Å². The van der Waals surface area contributed by atoms with E-state index in [1.54, 1.807) is 24.3 Å². The number of amides is 2. The van der Waals surface area contributed by atoms with Crippen LogP contribution in [0.15, 0.2) is 77.7 Å². The number of carbonyl (C=O) groups is 2. The molecule has 0 heterocycles. The van der Waals surface area contributed by atoms with Gasteiger partial charge in [-0.2, -0.15) is 0 Å². The molecule has 0 aliphatic heterocycles. The molecule has 0 aliphatic rings. The minimum atomic E-state index is -3.91. The van der Waals surface area contributed by atoms with Gasteiger partial charge in [0.15, 0.2) is 0 Å². The minimum absolute atomic E-state index is 0.0778. The van der Waals surface area contributed by atoms with Crippen LogP contribution < -0.4 is 15.8 Å². The van der Waals surface area contributed by atoms with Crippen molar-refractivity contribution in [3.8, 4) is 0 Å². The van der Waals surface area contributed by atoms with Crippen molar-refractivity contribution in [1.29, 1.82) is 0 Å². The normalized spacial score (nSPS) is 10.9. The minimum Gasteiger partial charge on any atom is -0.366 e. The van der Waals surface area contributed by atoms with Gasteiger partial charge in [0, 0.05) is 27.5 Å². The van der Waals surface area contributed by atoms with Gasteiger partial charge in [-0.25, -0.2) is 8.42 Å². The van der Waals surface area contributed by atoms with Crippen molar-refractivity contribution in [3.63, 3.8) is 0 Å². The molecule has 0 saturated carbocycles. The number of carbonyl (C=O) groups excluding carboxylic acids is 2. The predicted molar refractivity (Wildman–Crippen MR) is 112 cm³/mol. The number of rotatable bonds is 6. The third-order valence-electron chi connectivity index (χ3n) is 3.91. The van der Waals surface area contributed by atoms with Gasteiger partial charge in [0.25, 0.3) is 15.9 Å². The maximum absolute atomic E-state index is 12.6. The average Bonchev–Trinajstić information content (AvgIpc) is 2.70. The molecule has 3 rings (SSSR count). The Morgan fingerprint density at radius 3 is 2.17 bits per heavy atom. The van der Waals surface area contributed by atoms with E-state index < -0.39 is 21.8 Å². The highest BCUT2D eigenvalue weighted by molar-refractivity contribution is 7.92. The number of nitrogens with two attached hydrogens (primary N) is 1. The van der Waals surface area contributed by atoms with Gasteiger partial charge < -0.3 is 11.1 Å². The van der Waals surface area contributed by atoms with Gasteiger partial charge in [0.05, 0.1) is 4.90 Å². The van der Waals surface area contributed by atoms with Crippen LogP contribution in [-0.2, 0) is 10.0 Å². The van der Waals surface area contributed by atoms with E-state index in [9.17, 15) is 18.0 Å². The highest BCUT2D eigenvalue weighted by atomic mass is 35.5. The zero-order chi connectivity index (χ0) is 21.0. The first kappa shape index (κ1) is 20.4. The van der Waals surface area contributed by atoms with E-state index >= 15 is 0 Å². The van der Waals surface area contributed by atoms with E-state index in [-0.39, 0.29) is 16.0 Å². The topological polar surface area (TPSA) is 118 Å². The van der Waals surface area contributed by atoms with Crippen molar-refractivity contribution < 1.29 is 18.0 Å². The molecule has 29 heavy (non-hydrogen) atoms. The number of anilines is 2. The zero-order valence-electron chi connectivity index (χ0n) is 14.9. The van der Waals surface area contributed by atoms with Crippen molar-refractivity contribution >= 4 is 44.8 Å². The Hall–Kier alpha value is -3.36. The molecule has 2 amide bonds. The van der Waals surface area contributed by atoms with Crippen molar-refractivity contribution in [2.24, 2.45) is 5.73 Å². The molecule has 0 fully saturated rings. The monoisotopic (exact) mass is 429 g/mol. The van der Waals surface area contributed by atoms with Crippen LogP contribution in [0, 0.1) is 0 Å². The summed E-state index contributed by atoms with van der Waals surface area (Å²) in [6, 6.07) is 17.9. The molecule has 0 radical (unpaired) electrons. The van der Waals surface area contributed by atoms with Crippen LogP contribution in [0.2, 0.25) is 5.02 Å². The molecule has 0 unspecified atom stereocenters. The summed E-state index contributed by atoms with van der Waals surface area (Å²) >= 11 is 5.80. The molecule has 0 atom stereocenters. The lowest BCUT2D eigenvalue weighted by Gasteiger charge is -2.10. The third-order valence-corrected chi connectivity index (χ3v) is 5.54. The highest BCUT2D eigenvalue weighted by Crippen LogP contribution is 2.20. The third kappa shape index (κ3) is 5.13. The Labute approximate surface area is 172 Å². The molecule has 0 aromatic heterocycles. The van der Waals surface area contributed by atoms with Gasteiger partial charge in [0.1, 0.15) is 0 Å². The number of hydrogen-bond acceptors (Lipinski definition) is 4. The fraction of sp³-hybridized carbons (Fsp3) is 0. The van der Waals surface area contributed by atoms with E-state index in [0.29, 0.717) is 16.4 Å². The summed E-state index contributed by atoms with van der Waals surface area (Å²) < 4.78 is 27.7. The average molecular weight is 430 g/mol. The van der Waals surface area contributed by atoms with E-state index in [1.807, 2.05) is 0 Å². The smallest absolute Gasteiger partial charge is 0.261 e. The first-order valence-electron chi connectivity index (χ1n) is 8.34. The van der Waals surface area contributed by atoms with Gasteiger partial charge in [-0.05, 0) is 60.7 Å². The number of sulfonamides is 1. The number of benzene rings is 3. The molecular weight excluding hydrogens is 414 g/mol. The molecule has 9 heteroatoms. The maximum Gasteiger partial charge on any atom is 0.261 e. The second kappa shape index (κ2) is 8.34. The van der Waals surface area contributed by atoms with Gasteiger partial charge >= 0.3 is 0 Å². The largest absolute Gasteiger partial charge is 0.366 e. The quantitative estimate of drug-likeness (QED) is 0.555. The second-order valence-corrected chi connectivity index (χ2v) is 8.16. The molecule has 0 aliphatic carbocycles. The van der Waals surface area contributed by atoms with Gasteiger partial charge in [-0.15, -0.1) is 0 Å². The van der Waals surface area contributed by atoms with E-state index in [1.165, 1.54) is 48.5 Å². The molecule has 4 N–H and O–H groups in total. The molecule has 3 aromatic rings. The van der Waals surface area contributed by atoms with Crippen LogP contribution >= 0.6 is 11.6 Å². The number of primary amides is 1. The Kier molecular flexibility index (Phi) is 5.86. The first-order chi connectivity index (χ1) is 13.7. The van der Waals surface area contributed by atoms with Crippen molar-refractivity contribution in [2.45, 2.75) is 4.90 Å². The van der Waals surface area contributed by atoms with Crippen LogP contribution in [0.25, 0.3) is 0 Å². The van der Waals surface area contributed by atoms with Gasteiger partial charge in [-0.3, -0.25) is 14.3 Å². The molecule has 7 nitrogen and oxygen atoms in total. The molecule has 0 saturated heterocycles. The zero-order valence-corrected chi connectivity index (χ0v) is 16.5. The Morgan fingerprint density at radius 2 is 1.48 bits per heavy atom. The Morgan fingerprint density at radius 1 is 0.828 bits per heavy atom. The predicted octanol–water partition coefficient (Wildman–Crippen LogP) is 3.49. The second-order valence-electron chi connectivity index (χ2n) is 6.04. The maximum atomic E-state index is 12.6. The van der Waals surface area contributed by atoms with Gasteiger partial charge in [0.2, 0.25) is 5.91 Å². The highest BCUT2D eigenvalue weighted by Gasteiger charge is 2.17. The lowest BCUT2D eigenvalue weighted by molar-refractivity contribution is 0.0996. The summed E-state index contributed by atoms with van der Waals surface area (Å²) in [5, 5.41) is 3.09. The van der Waals surface area contributed by atoms with Crippen molar-refractivity contribution in [1.82, 2.24) is 0 Å². The molecular formula is C20H16ClN3O4S. The van der Waals surface area contributed by atoms with Crippen LogP contribution in [0.1, 0.15) is 20.7 Å². The molecule has 3 aromatic carbocycles. The van der Waals surface area contributed by atoms with E-state index in [4.69, 9.17) is 17.3 Å². The van der Waals surface area contributed by atoms with Crippen molar-refractivity contribution in [2.75, 3.05) is 10.0 Å². The van der Waals surface area contributed by atoms with Crippen LogP contribution in [-0.4, -0.2) is 20.2 Å². The first-order valence-corrected chi connectivity index (χ1v) is 10.2. The summed E-state index contributed by atoms with van der Waals surface area (Å²) in [5.41, 5.74) is 6.31. The SMILES string of the molecule is NC(=O)c1cccc(NC(=O)c2cccc(S(=O)(=O)Nc3ccc(Cl)cc3)c2)c1. The lowest BCUT2D eigenvalue weighted by Crippen LogP contribution is -2.16. The van der Waals surface area contributed by atoms with E-state index in [2.05, 4.69) is 10.0 Å². The van der Waals surface area contributed by atoms with Crippen molar-refractivity contribution in [3.05, 3.63) is 88.9 Å². The molecule has 0 spiro atoms. The molecule has 148 valence electrons. The fourth-order valence-corrected chi connectivity index (χ4v) is 3.72. The summed E-state index contributed by atoms with van der Waals surface area (Å²) in [7, 11) is -3.91. The number of halogens is 1.